The molecule has 2 heterocycles. The van der Waals surface area contributed by atoms with Crippen LogP contribution in [0.1, 0.15) is 19.1 Å². The van der Waals surface area contributed by atoms with E-state index in [1.165, 1.54) is 12.1 Å². The van der Waals surface area contributed by atoms with E-state index in [-0.39, 0.29) is 11.4 Å². The van der Waals surface area contributed by atoms with Gasteiger partial charge in [-0.05, 0) is 54.3 Å². The van der Waals surface area contributed by atoms with Gasteiger partial charge >= 0.3 is 0 Å². The third kappa shape index (κ3) is 4.50. The number of sulfonamides is 1. The number of ether oxygens (including phenoxy) is 1. The SMILES string of the molecule is CCCOc1ccc(S(=O)(=O)NCc2ccc(-c3ccsc3)o2)cc1. The monoisotopic (exact) mass is 377 g/mol. The fourth-order valence-corrected chi connectivity index (χ4v) is 3.86. The molecule has 0 amide bonds. The van der Waals surface area contributed by atoms with Crippen LogP contribution in [0.2, 0.25) is 0 Å². The molecule has 5 nitrogen and oxygen atoms in total. The van der Waals surface area contributed by atoms with Crippen LogP contribution in [0.5, 0.6) is 5.75 Å². The van der Waals surface area contributed by atoms with E-state index >= 15 is 0 Å². The first-order valence-corrected chi connectivity index (χ1v) is 10.3. The molecule has 3 rings (SSSR count). The summed E-state index contributed by atoms with van der Waals surface area (Å²) in [4.78, 5) is 0.195. The van der Waals surface area contributed by atoms with Crippen molar-refractivity contribution in [3.05, 3.63) is 59.0 Å². The van der Waals surface area contributed by atoms with Crippen LogP contribution >= 0.6 is 11.3 Å². The number of hydrogen-bond acceptors (Lipinski definition) is 5. The van der Waals surface area contributed by atoms with Gasteiger partial charge in [-0.2, -0.15) is 11.3 Å². The van der Waals surface area contributed by atoms with Crippen molar-refractivity contribution >= 4 is 21.4 Å². The van der Waals surface area contributed by atoms with E-state index < -0.39 is 10.0 Å². The molecule has 1 N–H and O–H groups in total. The highest BCUT2D eigenvalue weighted by atomic mass is 32.2. The van der Waals surface area contributed by atoms with Gasteiger partial charge < -0.3 is 9.15 Å². The summed E-state index contributed by atoms with van der Waals surface area (Å²) in [6.07, 6.45) is 0.901. The van der Waals surface area contributed by atoms with Crippen molar-refractivity contribution in [2.24, 2.45) is 0 Å². The summed E-state index contributed by atoms with van der Waals surface area (Å²) < 4.78 is 38.4. The Balaban J connectivity index is 1.63. The molecule has 0 fully saturated rings. The molecule has 2 aromatic heterocycles. The zero-order valence-corrected chi connectivity index (χ0v) is 15.4. The number of furan rings is 1. The fourth-order valence-electron chi connectivity index (χ4n) is 2.22. The standard InChI is InChI=1S/C18H19NO4S2/c1-2-10-22-15-3-6-17(7-4-15)25(20,21)19-12-16-5-8-18(23-16)14-9-11-24-13-14/h3-9,11,13,19H,2,10,12H2,1H3. The Morgan fingerprint density at radius 1 is 1.12 bits per heavy atom. The first kappa shape index (κ1) is 17.7. The predicted molar refractivity (Wildman–Crippen MR) is 98.3 cm³/mol. The van der Waals surface area contributed by atoms with Gasteiger partial charge in [0.2, 0.25) is 10.0 Å². The normalized spacial score (nSPS) is 11.6. The number of rotatable bonds is 8. The van der Waals surface area contributed by atoms with Crippen molar-refractivity contribution in [3.8, 4) is 17.1 Å². The topological polar surface area (TPSA) is 68.5 Å². The maximum absolute atomic E-state index is 12.4. The Morgan fingerprint density at radius 2 is 1.92 bits per heavy atom. The minimum Gasteiger partial charge on any atom is -0.494 e. The van der Waals surface area contributed by atoms with Crippen LogP contribution in [0, 0.1) is 0 Å². The lowest BCUT2D eigenvalue weighted by molar-refractivity contribution is 0.317. The van der Waals surface area contributed by atoms with Gasteiger partial charge in [0.25, 0.3) is 0 Å². The zero-order chi connectivity index (χ0) is 17.7. The highest BCUT2D eigenvalue weighted by molar-refractivity contribution is 7.89. The Hall–Kier alpha value is -2.09. The van der Waals surface area contributed by atoms with Gasteiger partial charge in [-0.3, -0.25) is 0 Å². The second-order valence-electron chi connectivity index (χ2n) is 5.42. The first-order chi connectivity index (χ1) is 12.1. The molecule has 0 aliphatic carbocycles. The van der Waals surface area contributed by atoms with Crippen LogP contribution in [-0.4, -0.2) is 15.0 Å². The maximum atomic E-state index is 12.4. The van der Waals surface area contributed by atoms with Crippen LogP contribution in [0.3, 0.4) is 0 Å². The van der Waals surface area contributed by atoms with Crippen molar-refractivity contribution in [2.75, 3.05) is 6.61 Å². The second kappa shape index (κ2) is 7.86. The number of benzene rings is 1. The zero-order valence-electron chi connectivity index (χ0n) is 13.8. The summed E-state index contributed by atoms with van der Waals surface area (Å²) in [5.74, 6) is 1.95. The van der Waals surface area contributed by atoms with Gasteiger partial charge in [-0.1, -0.05) is 6.92 Å². The summed E-state index contributed by atoms with van der Waals surface area (Å²) >= 11 is 1.58. The summed E-state index contributed by atoms with van der Waals surface area (Å²) in [7, 11) is -3.60. The van der Waals surface area contributed by atoms with Crippen molar-refractivity contribution < 1.29 is 17.6 Å². The van der Waals surface area contributed by atoms with Crippen LogP contribution in [0.15, 0.2) is 62.5 Å². The van der Waals surface area contributed by atoms with Gasteiger partial charge in [0.1, 0.15) is 17.3 Å². The smallest absolute Gasteiger partial charge is 0.240 e. The van der Waals surface area contributed by atoms with Crippen LogP contribution in [-0.2, 0) is 16.6 Å². The molecule has 0 atom stereocenters. The molecule has 0 aliphatic rings. The Bertz CT molecular complexity index is 897. The van der Waals surface area contributed by atoms with Crippen molar-refractivity contribution in [2.45, 2.75) is 24.8 Å². The number of hydrogen-bond donors (Lipinski definition) is 1. The maximum Gasteiger partial charge on any atom is 0.240 e. The molecule has 7 heteroatoms. The van der Waals surface area contributed by atoms with E-state index in [0.29, 0.717) is 18.1 Å². The van der Waals surface area contributed by atoms with E-state index in [1.54, 1.807) is 29.5 Å². The second-order valence-corrected chi connectivity index (χ2v) is 7.97. The molecule has 0 saturated heterocycles. The Kier molecular flexibility index (Phi) is 5.57. The highest BCUT2D eigenvalue weighted by Gasteiger charge is 2.15. The lowest BCUT2D eigenvalue weighted by Gasteiger charge is -2.07. The molecular formula is C18H19NO4S2. The number of thiophene rings is 1. The molecule has 0 unspecified atom stereocenters. The van der Waals surface area contributed by atoms with Gasteiger partial charge in [0, 0.05) is 10.9 Å². The molecule has 0 spiro atoms. The minimum atomic E-state index is -3.60. The summed E-state index contributed by atoms with van der Waals surface area (Å²) in [5.41, 5.74) is 0.988. The minimum absolute atomic E-state index is 0.0978. The Labute approximate surface area is 151 Å². The van der Waals surface area contributed by atoms with Crippen LogP contribution < -0.4 is 9.46 Å². The first-order valence-electron chi connectivity index (χ1n) is 7.92. The van der Waals surface area contributed by atoms with Crippen molar-refractivity contribution in [3.63, 3.8) is 0 Å². The lowest BCUT2D eigenvalue weighted by atomic mass is 10.3. The van der Waals surface area contributed by atoms with Crippen LogP contribution in [0.4, 0.5) is 0 Å². The van der Waals surface area contributed by atoms with Gasteiger partial charge in [-0.15, -0.1) is 0 Å². The molecule has 0 bridgehead atoms. The average molecular weight is 377 g/mol. The average Bonchev–Trinajstić information content (AvgIpc) is 3.30. The summed E-state index contributed by atoms with van der Waals surface area (Å²) in [6.45, 7) is 2.72. The lowest BCUT2D eigenvalue weighted by Crippen LogP contribution is -2.22. The highest BCUT2D eigenvalue weighted by Crippen LogP contribution is 2.24. The van der Waals surface area contributed by atoms with Crippen molar-refractivity contribution in [1.82, 2.24) is 4.72 Å². The van der Waals surface area contributed by atoms with Gasteiger partial charge in [0.15, 0.2) is 0 Å². The largest absolute Gasteiger partial charge is 0.494 e. The molecule has 3 aromatic rings. The Morgan fingerprint density at radius 3 is 2.60 bits per heavy atom. The molecular weight excluding hydrogens is 358 g/mol. The third-order valence-electron chi connectivity index (χ3n) is 3.51. The molecule has 0 saturated carbocycles. The summed E-state index contributed by atoms with van der Waals surface area (Å²) in [6, 6.07) is 12.0. The quantitative estimate of drug-likeness (QED) is 0.636. The molecule has 0 radical (unpaired) electrons. The van der Waals surface area contributed by atoms with E-state index in [0.717, 1.165) is 17.7 Å². The molecule has 132 valence electrons. The molecule has 25 heavy (non-hydrogen) atoms. The van der Waals surface area contributed by atoms with E-state index in [2.05, 4.69) is 4.72 Å². The number of nitrogens with one attached hydrogen (secondary N) is 1. The van der Waals surface area contributed by atoms with E-state index in [1.807, 2.05) is 29.8 Å². The molecule has 0 aliphatic heterocycles. The fraction of sp³-hybridized carbons (Fsp3) is 0.222. The van der Waals surface area contributed by atoms with E-state index in [4.69, 9.17) is 9.15 Å². The third-order valence-corrected chi connectivity index (χ3v) is 5.61. The summed E-state index contributed by atoms with van der Waals surface area (Å²) in [5, 5.41) is 3.95. The van der Waals surface area contributed by atoms with Gasteiger partial charge in [0.05, 0.1) is 18.0 Å². The van der Waals surface area contributed by atoms with Crippen LogP contribution in [0.25, 0.3) is 11.3 Å². The van der Waals surface area contributed by atoms with Gasteiger partial charge in [-0.25, -0.2) is 13.1 Å². The molecule has 1 aromatic carbocycles. The predicted octanol–water partition coefficient (Wildman–Crippen LogP) is 4.28. The van der Waals surface area contributed by atoms with E-state index in [9.17, 15) is 8.42 Å². The van der Waals surface area contributed by atoms with Crippen molar-refractivity contribution in [1.29, 1.82) is 0 Å².